The molecule has 14 heavy (non-hydrogen) atoms. The summed E-state index contributed by atoms with van der Waals surface area (Å²) < 4.78 is 0. The van der Waals surface area contributed by atoms with Gasteiger partial charge in [-0.15, -0.1) is 0 Å². The molecule has 0 heterocycles. The number of aliphatic hydroxyl groups excluding tert-OH is 1. The number of benzene rings is 1. The SMILES string of the molecule is NC(=S)NC(CO)Cc1ccccc1. The highest BCUT2D eigenvalue weighted by molar-refractivity contribution is 7.80. The van der Waals surface area contributed by atoms with Crippen LogP contribution in [0.5, 0.6) is 0 Å². The van der Waals surface area contributed by atoms with Gasteiger partial charge >= 0.3 is 0 Å². The number of aliphatic hydroxyl groups is 1. The van der Waals surface area contributed by atoms with Gasteiger partial charge in [0.25, 0.3) is 0 Å². The molecule has 3 nitrogen and oxygen atoms in total. The summed E-state index contributed by atoms with van der Waals surface area (Å²) >= 11 is 4.71. The molecule has 0 aliphatic rings. The lowest BCUT2D eigenvalue weighted by molar-refractivity contribution is 0.255. The molecule has 0 aliphatic heterocycles. The molecular formula is C10H14N2OS. The van der Waals surface area contributed by atoms with Crippen molar-refractivity contribution in [1.29, 1.82) is 0 Å². The molecule has 0 fully saturated rings. The molecule has 1 rings (SSSR count). The monoisotopic (exact) mass is 210 g/mol. The Labute approximate surface area is 88.9 Å². The molecule has 0 saturated heterocycles. The Bertz CT molecular complexity index is 289. The van der Waals surface area contributed by atoms with Crippen molar-refractivity contribution in [3.05, 3.63) is 35.9 Å². The van der Waals surface area contributed by atoms with Gasteiger partial charge in [-0.3, -0.25) is 0 Å². The highest BCUT2D eigenvalue weighted by atomic mass is 32.1. The molecule has 0 aromatic heterocycles. The van der Waals surface area contributed by atoms with Gasteiger partial charge in [-0.2, -0.15) is 0 Å². The van der Waals surface area contributed by atoms with Crippen LogP contribution in [-0.4, -0.2) is 22.9 Å². The van der Waals surface area contributed by atoms with Crippen LogP contribution < -0.4 is 11.1 Å². The van der Waals surface area contributed by atoms with E-state index in [0.29, 0.717) is 6.42 Å². The average Bonchev–Trinajstić information content (AvgIpc) is 2.17. The topological polar surface area (TPSA) is 58.3 Å². The van der Waals surface area contributed by atoms with Crippen molar-refractivity contribution in [3.63, 3.8) is 0 Å². The minimum Gasteiger partial charge on any atom is -0.394 e. The molecule has 4 N–H and O–H groups in total. The van der Waals surface area contributed by atoms with E-state index in [4.69, 9.17) is 23.1 Å². The van der Waals surface area contributed by atoms with Crippen LogP contribution in [0.4, 0.5) is 0 Å². The van der Waals surface area contributed by atoms with E-state index in [1.165, 1.54) is 0 Å². The molecule has 0 spiro atoms. The van der Waals surface area contributed by atoms with Crippen molar-refractivity contribution in [3.8, 4) is 0 Å². The number of rotatable bonds is 4. The van der Waals surface area contributed by atoms with Crippen molar-refractivity contribution in [2.75, 3.05) is 6.61 Å². The third-order valence-electron chi connectivity index (χ3n) is 1.89. The minimum absolute atomic E-state index is 0.0201. The molecule has 0 bridgehead atoms. The Hall–Kier alpha value is -1.13. The smallest absolute Gasteiger partial charge is 0.163 e. The quantitative estimate of drug-likeness (QED) is 0.631. The maximum atomic E-state index is 9.06. The Morgan fingerprint density at radius 2 is 2.07 bits per heavy atom. The highest BCUT2D eigenvalue weighted by Gasteiger charge is 2.07. The summed E-state index contributed by atoms with van der Waals surface area (Å²) in [7, 11) is 0. The van der Waals surface area contributed by atoms with E-state index in [1.54, 1.807) is 0 Å². The number of nitrogens with two attached hydrogens (primary N) is 1. The molecule has 1 unspecified atom stereocenters. The van der Waals surface area contributed by atoms with Crippen molar-refractivity contribution >= 4 is 17.3 Å². The zero-order chi connectivity index (χ0) is 10.4. The fourth-order valence-corrected chi connectivity index (χ4v) is 1.43. The van der Waals surface area contributed by atoms with Crippen LogP contribution in [0.25, 0.3) is 0 Å². The number of thiocarbonyl (C=S) groups is 1. The molecule has 1 atom stereocenters. The summed E-state index contributed by atoms with van der Waals surface area (Å²) in [6.07, 6.45) is 0.717. The molecule has 1 aromatic rings. The van der Waals surface area contributed by atoms with E-state index in [-0.39, 0.29) is 17.8 Å². The van der Waals surface area contributed by atoms with E-state index in [2.05, 4.69) is 5.32 Å². The molecule has 0 radical (unpaired) electrons. The lowest BCUT2D eigenvalue weighted by atomic mass is 10.1. The predicted molar refractivity (Wildman–Crippen MR) is 60.9 cm³/mol. The molecule has 1 aromatic carbocycles. The normalized spacial score (nSPS) is 12.1. The third kappa shape index (κ3) is 3.72. The average molecular weight is 210 g/mol. The van der Waals surface area contributed by atoms with Crippen LogP contribution in [-0.2, 0) is 6.42 Å². The second kappa shape index (κ2) is 5.57. The molecule has 4 heteroatoms. The van der Waals surface area contributed by atoms with Crippen molar-refractivity contribution in [2.45, 2.75) is 12.5 Å². The molecule has 0 saturated carbocycles. The van der Waals surface area contributed by atoms with Gasteiger partial charge in [-0.25, -0.2) is 0 Å². The summed E-state index contributed by atoms with van der Waals surface area (Å²) in [5, 5.41) is 12.1. The fraction of sp³-hybridized carbons (Fsp3) is 0.300. The zero-order valence-corrected chi connectivity index (χ0v) is 8.63. The van der Waals surface area contributed by atoms with Gasteiger partial charge in [0.15, 0.2) is 5.11 Å². The van der Waals surface area contributed by atoms with Crippen LogP contribution in [0.3, 0.4) is 0 Å². The number of nitrogens with one attached hydrogen (secondary N) is 1. The largest absolute Gasteiger partial charge is 0.394 e. The maximum absolute atomic E-state index is 9.06. The predicted octanol–water partition coefficient (Wildman–Crippen LogP) is 0.423. The Morgan fingerprint density at radius 3 is 2.57 bits per heavy atom. The first-order valence-electron chi connectivity index (χ1n) is 4.43. The molecule has 0 aliphatic carbocycles. The summed E-state index contributed by atoms with van der Waals surface area (Å²) in [6, 6.07) is 9.79. The van der Waals surface area contributed by atoms with Gasteiger partial charge in [-0.1, -0.05) is 30.3 Å². The van der Waals surface area contributed by atoms with Gasteiger partial charge < -0.3 is 16.2 Å². The van der Waals surface area contributed by atoms with Crippen molar-refractivity contribution in [2.24, 2.45) is 5.73 Å². The highest BCUT2D eigenvalue weighted by Crippen LogP contribution is 2.02. The first-order chi connectivity index (χ1) is 6.72. The van der Waals surface area contributed by atoms with E-state index >= 15 is 0 Å². The van der Waals surface area contributed by atoms with E-state index in [1.807, 2.05) is 30.3 Å². The first kappa shape index (κ1) is 10.9. The first-order valence-corrected chi connectivity index (χ1v) is 4.84. The lowest BCUT2D eigenvalue weighted by Crippen LogP contribution is -2.41. The van der Waals surface area contributed by atoms with Crippen LogP contribution >= 0.6 is 12.2 Å². The zero-order valence-electron chi connectivity index (χ0n) is 7.81. The Kier molecular flexibility index (Phi) is 4.35. The van der Waals surface area contributed by atoms with Crippen LogP contribution in [0.1, 0.15) is 5.56 Å². The fourth-order valence-electron chi connectivity index (χ4n) is 1.26. The van der Waals surface area contributed by atoms with E-state index in [9.17, 15) is 0 Å². The van der Waals surface area contributed by atoms with Crippen LogP contribution in [0.15, 0.2) is 30.3 Å². The van der Waals surface area contributed by atoms with Crippen molar-refractivity contribution in [1.82, 2.24) is 5.32 Å². The number of hydrogen-bond acceptors (Lipinski definition) is 2. The van der Waals surface area contributed by atoms with Gasteiger partial charge in [0.05, 0.1) is 12.6 Å². The third-order valence-corrected chi connectivity index (χ3v) is 2.01. The van der Waals surface area contributed by atoms with Crippen LogP contribution in [0, 0.1) is 0 Å². The van der Waals surface area contributed by atoms with Crippen molar-refractivity contribution < 1.29 is 5.11 Å². The van der Waals surface area contributed by atoms with Gasteiger partial charge in [0, 0.05) is 0 Å². The molecular weight excluding hydrogens is 196 g/mol. The van der Waals surface area contributed by atoms with E-state index < -0.39 is 0 Å². The standard InChI is InChI=1S/C10H14N2OS/c11-10(14)12-9(7-13)6-8-4-2-1-3-5-8/h1-5,9,13H,6-7H2,(H3,11,12,14). The lowest BCUT2D eigenvalue weighted by Gasteiger charge is -2.15. The second-order valence-electron chi connectivity index (χ2n) is 3.08. The van der Waals surface area contributed by atoms with Gasteiger partial charge in [0.1, 0.15) is 0 Å². The Morgan fingerprint density at radius 1 is 1.43 bits per heavy atom. The summed E-state index contributed by atoms with van der Waals surface area (Å²) in [4.78, 5) is 0. The number of hydrogen-bond donors (Lipinski definition) is 3. The summed E-state index contributed by atoms with van der Waals surface area (Å²) in [6.45, 7) is 0.0201. The molecule has 76 valence electrons. The van der Waals surface area contributed by atoms with Crippen LogP contribution in [0.2, 0.25) is 0 Å². The maximum Gasteiger partial charge on any atom is 0.163 e. The van der Waals surface area contributed by atoms with Gasteiger partial charge in [0.2, 0.25) is 0 Å². The van der Waals surface area contributed by atoms with E-state index in [0.717, 1.165) is 5.56 Å². The summed E-state index contributed by atoms with van der Waals surface area (Å²) in [5.41, 5.74) is 6.48. The molecule has 0 amide bonds. The minimum atomic E-state index is -0.102. The second-order valence-corrected chi connectivity index (χ2v) is 3.52. The van der Waals surface area contributed by atoms with Gasteiger partial charge in [-0.05, 0) is 24.2 Å². The summed E-state index contributed by atoms with van der Waals surface area (Å²) in [5.74, 6) is 0. The Balaban J connectivity index is 2.53.